The maximum Gasteiger partial charge on any atom is 0.416 e. The van der Waals surface area contributed by atoms with E-state index < -0.39 is 35.2 Å². The molecule has 43 heavy (non-hydrogen) atoms. The Hall–Kier alpha value is -4.93. The third kappa shape index (κ3) is 4.74. The molecule has 3 heterocycles. The minimum absolute atomic E-state index is 0.0787. The number of alkyl halides is 3. The number of nitrogens with zero attached hydrogens (tertiary/aromatic N) is 4. The molecule has 4 aromatic rings. The zero-order chi connectivity index (χ0) is 30.5. The van der Waals surface area contributed by atoms with E-state index in [4.69, 9.17) is 9.47 Å². The third-order valence-corrected chi connectivity index (χ3v) is 7.81. The number of para-hydroxylation sites is 1. The molecular weight excluding hydrogens is 561 g/mol. The number of hydrogen-bond donors (Lipinski definition) is 0. The van der Waals surface area contributed by atoms with Crippen molar-refractivity contribution in [3.8, 4) is 11.8 Å². The van der Waals surface area contributed by atoms with E-state index in [9.17, 15) is 22.8 Å². The summed E-state index contributed by atoms with van der Waals surface area (Å²) in [6, 6.07) is 20.6. The Kier molecular flexibility index (Phi) is 6.83. The lowest BCUT2D eigenvalue weighted by molar-refractivity contribution is -0.178. The van der Waals surface area contributed by atoms with Crippen LogP contribution in [0.25, 0.3) is 0 Å². The average molecular weight is 589 g/mol. The summed E-state index contributed by atoms with van der Waals surface area (Å²) in [5.74, 6) is -0.306. The van der Waals surface area contributed by atoms with Gasteiger partial charge in [0, 0.05) is 17.0 Å². The highest BCUT2D eigenvalue weighted by molar-refractivity contribution is 6.04. The van der Waals surface area contributed by atoms with E-state index in [2.05, 4.69) is 9.97 Å². The SMILES string of the molecule is COc1ccc(CN2C(=O)CN3C(=O)C(Oc4nc(C)cc(C)n4)C3(c3cccc(C(F)(F)F)c3)c3ccccc32)cc1. The molecule has 220 valence electrons. The Morgan fingerprint density at radius 2 is 1.63 bits per heavy atom. The number of β-lactam (4-membered cyclic amide) rings is 1. The van der Waals surface area contributed by atoms with Gasteiger partial charge in [-0.1, -0.05) is 42.5 Å². The van der Waals surface area contributed by atoms with Gasteiger partial charge in [-0.25, -0.2) is 9.97 Å². The van der Waals surface area contributed by atoms with Gasteiger partial charge in [0.1, 0.15) is 17.8 Å². The number of amides is 2. The lowest BCUT2D eigenvalue weighted by Crippen LogP contribution is -2.74. The highest BCUT2D eigenvalue weighted by Crippen LogP contribution is 2.53. The van der Waals surface area contributed by atoms with Crippen molar-refractivity contribution in [1.82, 2.24) is 14.9 Å². The number of methoxy groups -OCH3 is 1. The fourth-order valence-electron chi connectivity index (χ4n) is 5.91. The van der Waals surface area contributed by atoms with Gasteiger partial charge in [-0.3, -0.25) is 9.59 Å². The van der Waals surface area contributed by atoms with E-state index in [0.29, 0.717) is 28.4 Å². The van der Waals surface area contributed by atoms with Crippen LogP contribution in [0, 0.1) is 13.8 Å². The molecule has 0 saturated carbocycles. The van der Waals surface area contributed by atoms with Crippen molar-refractivity contribution in [1.29, 1.82) is 0 Å². The number of aromatic nitrogens is 2. The number of halogens is 3. The number of carbonyl (C=O) groups is 2. The van der Waals surface area contributed by atoms with E-state index >= 15 is 0 Å². The smallest absolute Gasteiger partial charge is 0.416 e. The zero-order valence-corrected chi connectivity index (χ0v) is 23.6. The van der Waals surface area contributed by atoms with E-state index in [1.165, 1.54) is 17.0 Å². The average Bonchev–Trinajstić information content (AvgIpc) is 3.07. The van der Waals surface area contributed by atoms with Crippen molar-refractivity contribution in [2.75, 3.05) is 18.6 Å². The summed E-state index contributed by atoms with van der Waals surface area (Å²) in [6.07, 6.45) is -5.98. The molecule has 1 aromatic heterocycles. The summed E-state index contributed by atoms with van der Waals surface area (Å²) in [6.45, 7) is 3.27. The second kappa shape index (κ2) is 10.4. The van der Waals surface area contributed by atoms with Gasteiger partial charge in [-0.15, -0.1) is 0 Å². The summed E-state index contributed by atoms with van der Waals surface area (Å²) in [7, 11) is 1.56. The number of hydrogen-bond acceptors (Lipinski definition) is 6. The lowest BCUT2D eigenvalue weighted by Gasteiger charge is -2.55. The van der Waals surface area contributed by atoms with Crippen molar-refractivity contribution in [3.63, 3.8) is 0 Å². The van der Waals surface area contributed by atoms with Crippen LogP contribution in [0.3, 0.4) is 0 Å². The molecule has 0 spiro atoms. The number of rotatable bonds is 6. The molecule has 2 aliphatic rings. The molecule has 2 unspecified atom stereocenters. The van der Waals surface area contributed by atoms with E-state index in [1.807, 2.05) is 12.1 Å². The molecule has 3 aromatic carbocycles. The second-order valence-corrected chi connectivity index (χ2v) is 10.5. The zero-order valence-electron chi connectivity index (χ0n) is 23.6. The van der Waals surface area contributed by atoms with Gasteiger partial charge in [0.2, 0.25) is 12.0 Å². The first-order valence-electron chi connectivity index (χ1n) is 13.5. The summed E-state index contributed by atoms with van der Waals surface area (Å²) in [5, 5.41) is 0. The van der Waals surface area contributed by atoms with Gasteiger partial charge < -0.3 is 19.3 Å². The Balaban J connectivity index is 1.55. The van der Waals surface area contributed by atoms with E-state index in [0.717, 1.165) is 17.7 Å². The lowest BCUT2D eigenvalue weighted by atomic mass is 9.69. The first kappa shape index (κ1) is 28.2. The molecule has 2 aliphatic heterocycles. The maximum atomic E-state index is 14.0. The molecule has 0 aliphatic carbocycles. The van der Waals surface area contributed by atoms with E-state index in [-0.39, 0.29) is 24.7 Å². The Labute approximate surface area is 245 Å². The van der Waals surface area contributed by atoms with Crippen LogP contribution in [0.1, 0.15) is 33.6 Å². The van der Waals surface area contributed by atoms with Crippen LogP contribution in [-0.2, 0) is 27.8 Å². The fraction of sp³-hybridized carbons (Fsp3) is 0.250. The topological polar surface area (TPSA) is 84.9 Å². The maximum absolute atomic E-state index is 14.0. The summed E-state index contributed by atoms with van der Waals surface area (Å²) in [4.78, 5) is 39.1. The summed E-state index contributed by atoms with van der Waals surface area (Å²) in [5.41, 5.74) is 0.575. The number of fused-ring (bicyclic) bond motifs is 3. The molecule has 1 saturated heterocycles. The van der Waals surface area contributed by atoms with Crippen molar-refractivity contribution < 1.29 is 32.2 Å². The third-order valence-electron chi connectivity index (χ3n) is 7.81. The van der Waals surface area contributed by atoms with Gasteiger partial charge in [0.25, 0.3) is 5.91 Å². The summed E-state index contributed by atoms with van der Waals surface area (Å²) >= 11 is 0. The molecular formula is C32H27F3N4O4. The number of anilines is 1. The Morgan fingerprint density at radius 3 is 2.30 bits per heavy atom. The molecule has 0 N–H and O–H groups in total. The molecule has 1 fully saturated rings. The molecule has 2 amide bonds. The molecule has 0 radical (unpaired) electrons. The number of ether oxygens (including phenoxy) is 2. The number of benzene rings is 3. The fourth-order valence-corrected chi connectivity index (χ4v) is 5.91. The summed E-state index contributed by atoms with van der Waals surface area (Å²) < 4.78 is 53.3. The highest BCUT2D eigenvalue weighted by atomic mass is 19.4. The number of aryl methyl sites for hydroxylation is 2. The van der Waals surface area contributed by atoms with Gasteiger partial charge in [0.05, 0.1) is 24.9 Å². The Bertz CT molecular complexity index is 1710. The van der Waals surface area contributed by atoms with Crippen LogP contribution in [0.2, 0.25) is 0 Å². The van der Waals surface area contributed by atoms with Crippen molar-refractivity contribution in [2.24, 2.45) is 0 Å². The molecule has 2 atom stereocenters. The Morgan fingerprint density at radius 1 is 0.930 bits per heavy atom. The first-order chi connectivity index (χ1) is 20.5. The predicted molar refractivity (Wildman–Crippen MR) is 150 cm³/mol. The minimum atomic E-state index is -4.64. The molecule has 0 bridgehead atoms. The van der Waals surface area contributed by atoms with Crippen LogP contribution in [0.5, 0.6) is 11.8 Å². The predicted octanol–water partition coefficient (Wildman–Crippen LogP) is 5.20. The van der Waals surface area contributed by atoms with E-state index in [1.54, 1.807) is 68.3 Å². The monoisotopic (exact) mass is 588 g/mol. The molecule has 6 rings (SSSR count). The van der Waals surface area contributed by atoms with Crippen LogP contribution in [0.4, 0.5) is 18.9 Å². The standard InChI is InChI=1S/C32H27F3N4O4/c1-19-15-20(2)37-30(36-19)43-28-29(41)39-18-27(40)38(17-21-11-13-24(42-3)14-12-21)26-10-5-4-9-25(26)31(28,39)22-7-6-8-23(16-22)32(33,34)35/h4-16,28H,17-18H2,1-3H3. The van der Waals surface area contributed by atoms with Crippen molar-refractivity contribution >= 4 is 17.5 Å². The van der Waals surface area contributed by atoms with Crippen LogP contribution in [0.15, 0.2) is 78.9 Å². The molecule has 11 heteroatoms. The second-order valence-electron chi connectivity index (χ2n) is 10.5. The first-order valence-corrected chi connectivity index (χ1v) is 13.5. The van der Waals surface area contributed by atoms with Gasteiger partial charge >= 0.3 is 12.2 Å². The normalized spacial score (nSPS) is 19.7. The quantitative estimate of drug-likeness (QED) is 0.288. The van der Waals surface area contributed by atoms with Gasteiger partial charge in [0.15, 0.2) is 0 Å². The van der Waals surface area contributed by atoms with Crippen LogP contribution >= 0.6 is 0 Å². The van der Waals surface area contributed by atoms with Crippen LogP contribution < -0.4 is 14.4 Å². The largest absolute Gasteiger partial charge is 0.497 e. The minimum Gasteiger partial charge on any atom is -0.497 e. The molecule has 8 nitrogen and oxygen atoms in total. The highest BCUT2D eigenvalue weighted by Gasteiger charge is 2.67. The number of carbonyl (C=O) groups excluding carboxylic acids is 2. The van der Waals surface area contributed by atoms with Crippen molar-refractivity contribution in [2.45, 2.75) is 38.2 Å². The van der Waals surface area contributed by atoms with Crippen LogP contribution in [-0.4, -0.2) is 46.4 Å². The van der Waals surface area contributed by atoms with Gasteiger partial charge in [-0.2, -0.15) is 13.2 Å². The van der Waals surface area contributed by atoms with Gasteiger partial charge in [-0.05, 0) is 61.4 Å². The van der Waals surface area contributed by atoms with Crippen molar-refractivity contribution in [3.05, 3.63) is 113 Å².